The summed E-state index contributed by atoms with van der Waals surface area (Å²) in [6.07, 6.45) is 2.70. The van der Waals surface area contributed by atoms with E-state index in [1.165, 1.54) is 0 Å². The molecule has 5 nitrogen and oxygen atoms in total. The number of aliphatic hydroxyl groups excluding tert-OH is 1. The number of unbranched alkanes of at least 4 members (excludes halogenated alkanes) is 1. The lowest BCUT2D eigenvalue weighted by Crippen LogP contribution is -2.24. The van der Waals surface area contributed by atoms with Crippen molar-refractivity contribution in [3.8, 4) is 0 Å². The van der Waals surface area contributed by atoms with Gasteiger partial charge in [-0.3, -0.25) is 9.59 Å². The van der Waals surface area contributed by atoms with Crippen LogP contribution in [0.2, 0.25) is 0 Å². The number of aryl methyl sites for hydroxylation is 1. The SMILES string of the molecule is CCCCc1cccc2c1C(=O)C(COC(=O)CO)C2=O. The molecule has 0 bridgehead atoms. The van der Waals surface area contributed by atoms with Crippen LogP contribution in [-0.4, -0.2) is 35.9 Å². The molecule has 0 saturated heterocycles. The van der Waals surface area contributed by atoms with Crippen LogP contribution in [0.25, 0.3) is 0 Å². The Hall–Kier alpha value is -2.01. The highest BCUT2D eigenvalue weighted by Crippen LogP contribution is 2.30. The van der Waals surface area contributed by atoms with Crippen molar-refractivity contribution in [3.63, 3.8) is 0 Å². The Labute approximate surface area is 122 Å². The van der Waals surface area contributed by atoms with Crippen molar-refractivity contribution in [1.29, 1.82) is 0 Å². The molecule has 1 aromatic carbocycles. The first-order valence-corrected chi connectivity index (χ1v) is 7.07. The maximum atomic E-state index is 12.4. The van der Waals surface area contributed by atoms with Crippen LogP contribution in [0.15, 0.2) is 18.2 Å². The maximum absolute atomic E-state index is 12.4. The molecule has 0 aliphatic heterocycles. The van der Waals surface area contributed by atoms with E-state index in [-0.39, 0.29) is 18.2 Å². The summed E-state index contributed by atoms with van der Waals surface area (Å²) in [6.45, 7) is 0.996. The van der Waals surface area contributed by atoms with Crippen molar-refractivity contribution in [2.45, 2.75) is 26.2 Å². The third-order valence-electron chi connectivity index (χ3n) is 3.64. The van der Waals surface area contributed by atoms with Crippen molar-refractivity contribution in [2.24, 2.45) is 5.92 Å². The lowest BCUT2D eigenvalue weighted by atomic mass is 9.98. The number of fused-ring (bicyclic) bond motifs is 1. The number of aliphatic hydroxyl groups is 1. The molecule has 1 unspecified atom stereocenters. The minimum atomic E-state index is -0.974. The van der Waals surface area contributed by atoms with Crippen LogP contribution >= 0.6 is 0 Å². The Morgan fingerprint density at radius 2 is 2.05 bits per heavy atom. The molecule has 1 aliphatic rings. The average Bonchev–Trinajstić information content (AvgIpc) is 2.75. The van der Waals surface area contributed by atoms with E-state index in [0.717, 1.165) is 24.8 Å². The second-order valence-corrected chi connectivity index (χ2v) is 5.07. The van der Waals surface area contributed by atoms with E-state index in [1.54, 1.807) is 12.1 Å². The highest BCUT2D eigenvalue weighted by Gasteiger charge is 2.40. The van der Waals surface area contributed by atoms with E-state index in [9.17, 15) is 14.4 Å². The molecule has 1 aromatic rings. The van der Waals surface area contributed by atoms with Gasteiger partial charge in [-0.05, 0) is 18.4 Å². The van der Waals surface area contributed by atoms with Gasteiger partial charge < -0.3 is 9.84 Å². The van der Waals surface area contributed by atoms with E-state index in [2.05, 4.69) is 6.92 Å². The summed E-state index contributed by atoms with van der Waals surface area (Å²) in [4.78, 5) is 35.6. The lowest BCUT2D eigenvalue weighted by Gasteiger charge is -2.08. The lowest BCUT2D eigenvalue weighted by molar-refractivity contribution is -0.147. The van der Waals surface area contributed by atoms with Crippen molar-refractivity contribution in [3.05, 3.63) is 34.9 Å². The van der Waals surface area contributed by atoms with E-state index >= 15 is 0 Å². The highest BCUT2D eigenvalue weighted by atomic mass is 16.5. The molecule has 0 aromatic heterocycles. The van der Waals surface area contributed by atoms with Gasteiger partial charge in [0.05, 0.1) is 0 Å². The topological polar surface area (TPSA) is 80.7 Å². The molecule has 112 valence electrons. The number of hydrogen-bond donors (Lipinski definition) is 1. The second-order valence-electron chi connectivity index (χ2n) is 5.07. The van der Waals surface area contributed by atoms with Gasteiger partial charge in [-0.15, -0.1) is 0 Å². The smallest absolute Gasteiger partial charge is 0.331 e. The fourth-order valence-electron chi connectivity index (χ4n) is 2.53. The molecule has 21 heavy (non-hydrogen) atoms. The summed E-state index contributed by atoms with van der Waals surface area (Å²) in [5.74, 6) is -2.40. The maximum Gasteiger partial charge on any atom is 0.331 e. The van der Waals surface area contributed by atoms with Crippen LogP contribution in [-0.2, 0) is 16.0 Å². The van der Waals surface area contributed by atoms with E-state index < -0.39 is 18.5 Å². The monoisotopic (exact) mass is 290 g/mol. The number of Topliss-reactive ketones (excluding diaryl/α,β-unsaturated/α-hetero) is 2. The van der Waals surface area contributed by atoms with E-state index in [4.69, 9.17) is 9.84 Å². The van der Waals surface area contributed by atoms with Crippen LogP contribution in [0.1, 0.15) is 46.0 Å². The molecule has 1 atom stereocenters. The molecule has 1 aliphatic carbocycles. The first-order chi connectivity index (χ1) is 10.1. The van der Waals surface area contributed by atoms with Gasteiger partial charge in [0.25, 0.3) is 0 Å². The molecule has 2 rings (SSSR count). The zero-order chi connectivity index (χ0) is 15.4. The summed E-state index contributed by atoms with van der Waals surface area (Å²) in [5, 5.41) is 8.61. The number of rotatable bonds is 6. The number of ketones is 2. The van der Waals surface area contributed by atoms with Crippen molar-refractivity contribution in [1.82, 2.24) is 0 Å². The number of carbonyl (C=O) groups excluding carboxylic acids is 3. The number of hydrogen-bond acceptors (Lipinski definition) is 5. The Kier molecular flexibility index (Phi) is 4.85. The number of benzene rings is 1. The number of esters is 1. The van der Waals surface area contributed by atoms with Crippen LogP contribution in [0, 0.1) is 5.92 Å². The van der Waals surface area contributed by atoms with Crippen molar-refractivity contribution in [2.75, 3.05) is 13.2 Å². The molecule has 5 heteroatoms. The third kappa shape index (κ3) is 3.03. The fraction of sp³-hybridized carbons (Fsp3) is 0.438. The van der Waals surface area contributed by atoms with Crippen molar-refractivity contribution < 1.29 is 24.2 Å². The predicted molar refractivity (Wildman–Crippen MR) is 75.2 cm³/mol. The zero-order valence-electron chi connectivity index (χ0n) is 11.9. The van der Waals surface area contributed by atoms with Gasteiger partial charge in [0.1, 0.15) is 19.1 Å². The summed E-state index contributed by atoms with van der Waals surface area (Å²) in [5.41, 5.74) is 1.77. The van der Waals surface area contributed by atoms with Gasteiger partial charge in [-0.1, -0.05) is 31.5 Å². The van der Waals surface area contributed by atoms with Crippen molar-refractivity contribution >= 4 is 17.5 Å². The van der Waals surface area contributed by atoms with Crippen LogP contribution in [0.3, 0.4) is 0 Å². The molecule has 0 spiro atoms. The largest absolute Gasteiger partial charge is 0.463 e. The second kappa shape index (κ2) is 6.63. The summed E-state index contributed by atoms with van der Waals surface area (Å²) >= 11 is 0. The highest BCUT2D eigenvalue weighted by molar-refractivity contribution is 6.27. The Morgan fingerprint density at radius 3 is 2.71 bits per heavy atom. The molecule has 0 saturated carbocycles. The number of carbonyl (C=O) groups is 3. The molecule has 0 heterocycles. The first-order valence-electron chi connectivity index (χ1n) is 7.07. The summed E-state index contributed by atoms with van der Waals surface area (Å²) in [7, 11) is 0. The van der Waals surface area contributed by atoms with E-state index in [0.29, 0.717) is 11.1 Å². The predicted octanol–water partition coefficient (Wildman–Crippen LogP) is 1.56. The molecular weight excluding hydrogens is 272 g/mol. The third-order valence-corrected chi connectivity index (χ3v) is 3.64. The van der Waals surface area contributed by atoms with Crippen LogP contribution < -0.4 is 0 Å². The average molecular weight is 290 g/mol. The first kappa shape index (κ1) is 15.4. The van der Waals surface area contributed by atoms with Gasteiger partial charge in [0.15, 0.2) is 11.6 Å². The Morgan fingerprint density at radius 1 is 1.29 bits per heavy atom. The van der Waals surface area contributed by atoms with Gasteiger partial charge in [-0.25, -0.2) is 4.79 Å². The molecule has 1 N–H and O–H groups in total. The zero-order valence-corrected chi connectivity index (χ0v) is 11.9. The molecule has 0 radical (unpaired) electrons. The Bertz CT molecular complexity index is 576. The number of ether oxygens (including phenoxy) is 1. The van der Waals surface area contributed by atoms with Gasteiger partial charge in [0, 0.05) is 11.1 Å². The van der Waals surface area contributed by atoms with Crippen LogP contribution in [0.5, 0.6) is 0 Å². The molecule has 0 amide bonds. The van der Waals surface area contributed by atoms with Crippen LogP contribution in [0.4, 0.5) is 0 Å². The fourth-order valence-corrected chi connectivity index (χ4v) is 2.53. The van der Waals surface area contributed by atoms with Gasteiger partial charge in [-0.2, -0.15) is 0 Å². The summed E-state index contributed by atoms with van der Waals surface area (Å²) in [6, 6.07) is 5.28. The van der Waals surface area contributed by atoms with Gasteiger partial charge >= 0.3 is 5.97 Å². The quantitative estimate of drug-likeness (QED) is 0.635. The minimum Gasteiger partial charge on any atom is -0.463 e. The normalized spacial score (nSPS) is 17.0. The summed E-state index contributed by atoms with van der Waals surface area (Å²) < 4.78 is 4.74. The van der Waals surface area contributed by atoms with E-state index in [1.807, 2.05) is 6.07 Å². The van der Waals surface area contributed by atoms with Gasteiger partial charge in [0.2, 0.25) is 0 Å². The minimum absolute atomic E-state index is 0.285. The Balaban J connectivity index is 2.23. The molecule has 0 fully saturated rings. The standard InChI is InChI=1S/C16H18O5/c1-2-3-5-10-6-4-7-11-14(10)16(20)12(15(11)19)9-21-13(18)8-17/h4,6-7,12,17H,2-3,5,8-9H2,1H3. The molecular formula is C16H18O5.